The Labute approximate surface area is 148 Å². The predicted molar refractivity (Wildman–Crippen MR) is 98.4 cm³/mol. The molecule has 0 saturated heterocycles. The molecule has 2 aromatic carbocycles. The molecule has 0 aliphatic heterocycles. The number of benzene rings is 2. The Hall–Kier alpha value is -2.54. The average Bonchev–Trinajstić information content (AvgIpc) is 2.55. The van der Waals surface area contributed by atoms with Gasteiger partial charge in [0.05, 0.1) is 19.1 Å². The van der Waals surface area contributed by atoms with Crippen molar-refractivity contribution in [3.63, 3.8) is 0 Å². The fraction of sp³-hybridized carbons (Fsp3) is 0.278. The number of ether oxygens (including phenoxy) is 1. The highest BCUT2D eigenvalue weighted by molar-refractivity contribution is 7.92. The van der Waals surface area contributed by atoms with Crippen molar-refractivity contribution >= 4 is 21.6 Å². The summed E-state index contributed by atoms with van der Waals surface area (Å²) in [5.41, 5.74) is 2.44. The van der Waals surface area contributed by atoms with Crippen LogP contribution >= 0.6 is 0 Å². The molecule has 0 atom stereocenters. The normalized spacial score (nSPS) is 11.0. The Morgan fingerprint density at radius 2 is 1.80 bits per heavy atom. The van der Waals surface area contributed by atoms with E-state index in [1.165, 1.54) is 0 Å². The van der Waals surface area contributed by atoms with Gasteiger partial charge in [-0.3, -0.25) is 9.52 Å². The average molecular weight is 362 g/mol. The van der Waals surface area contributed by atoms with Crippen molar-refractivity contribution in [2.75, 3.05) is 25.1 Å². The van der Waals surface area contributed by atoms with Crippen molar-refractivity contribution in [1.29, 1.82) is 0 Å². The Morgan fingerprint density at radius 3 is 2.36 bits per heavy atom. The fourth-order valence-corrected chi connectivity index (χ4v) is 3.08. The standard InChI is InChI=1S/C18H22N2O4S/c1-13-16(6-5-7-17(13)19-25(4,22)23)18(21)20(2)12-14-8-10-15(24-3)11-9-14/h5-11,19H,12H2,1-4H3. The third-order valence-electron chi connectivity index (χ3n) is 3.79. The molecule has 6 nitrogen and oxygen atoms in total. The number of rotatable bonds is 6. The van der Waals surface area contributed by atoms with Crippen molar-refractivity contribution in [1.82, 2.24) is 4.90 Å². The highest BCUT2D eigenvalue weighted by atomic mass is 32.2. The molecule has 0 fully saturated rings. The molecule has 1 N–H and O–H groups in total. The Morgan fingerprint density at radius 1 is 1.16 bits per heavy atom. The van der Waals surface area contributed by atoms with E-state index in [-0.39, 0.29) is 5.91 Å². The lowest BCUT2D eigenvalue weighted by Gasteiger charge is -2.20. The van der Waals surface area contributed by atoms with Crippen LogP contribution in [0.3, 0.4) is 0 Å². The maximum atomic E-state index is 12.7. The summed E-state index contributed by atoms with van der Waals surface area (Å²) in [5, 5.41) is 0. The van der Waals surface area contributed by atoms with Crippen molar-refractivity contribution in [2.45, 2.75) is 13.5 Å². The SMILES string of the molecule is COc1ccc(CN(C)C(=O)c2cccc(NS(C)(=O)=O)c2C)cc1. The van der Waals surface area contributed by atoms with Crippen LogP contribution in [0.5, 0.6) is 5.75 Å². The lowest BCUT2D eigenvalue weighted by molar-refractivity contribution is 0.0784. The van der Waals surface area contributed by atoms with E-state index in [2.05, 4.69) is 4.72 Å². The summed E-state index contributed by atoms with van der Waals surface area (Å²) >= 11 is 0. The first-order chi connectivity index (χ1) is 11.7. The third-order valence-corrected chi connectivity index (χ3v) is 4.38. The van der Waals surface area contributed by atoms with E-state index in [4.69, 9.17) is 4.74 Å². The van der Waals surface area contributed by atoms with Gasteiger partial charge in [-0.2, -0.15) is 0 Å². The number of amides is 1. The summed E-state index contributed by atoms with van der Waals surface area (Å²) in [6.45, 7) is 2.16. The second-order valence-corrected chi connectivity index (χ2v) is 7.61. The Bertz CT molecular complexity index is 861. The number of sulfonamides is 1. The Kier molecular flexibility index (Phi) is 5.69. The lowest BCUT2D eigenvalue weighted by atomic mass is 10.1. The highest BCUT2D eigenvalue weighted by Crippen LogP contribution is 2.22. The molecular weight excluding hydrogens is 340 g/mol. The zero-order valence-corrected chi connectivity index (χ0v) is 15.6. The zero-order valence-electron chi connectivity index (χ0n) is 14.7. The van der Waals surface area contributed by atoms with E-state index in [9.17, 15) is 13.2 Å². The third kappa shape index (κ3) is 4.96. The maximum absolute atomic E-state index is 12.7. The van der Waals surface area contributed by atoms with Gasteiger partial charge in [-0.1, -0.05) is 18.2 Å². The minimum Gasteiger partial charge on any atom is -0.497 e. The van der Waals surface area contributed by atoms with Gasteiger partial charge < -0.3 is 9.64 Å². The topological polar surface area (TPSA) is 75.7 Å². The summed E-state index contributed by atoms with van der Waals surface area (Å²) in [6.07, 6.45) is 1.08. The molecule has 134 valence electrons. The van der Waals surface area contributed by atoms with Gasteiger partial charge in [-0.05, 0) is 42.3 Å². The summed E-state index contributed by atoms with van der Waals surface area (Å²) in [6, 6.07) is 12.5. The number of anilines is 1. The highest BCUT2D eigenvalue weighted by Gasteiger charge is 2.17. The van der Waals surface area contributed by atoms with Crippen LogP contribution < -0.4 is 9.46 Å². The van der Waals surface area contributed by atoms with Gasteiger partial charge in [0.1, 0.15) is 5.75 Å². The van der Waals surface area contributed by atoms with Crippen molar-refractivity contribution < 1.29 is 17.9 Å². The molecule has 2 rings (SSSR count). The zero-order chi connectivity index (χ0) is 18.6. The first-order valence-electron chi connectivity index (χ1n) is 7.67. The van der Waals surface area contributed by atoms with Crippen LogP contribution in [-0.2, 0) is 16.6 Å². The molecule has 0 aliphatic carbocycles. The number of nitrogens with zero attached hydrogens (tertiary/aromatic N) is 1. The molecular formula is C18H22N2O4S. The van der Waals surface area contributed by atoms with Crippen molar-refractivity contribution in [2.24, 2.45) is 0 Å². The second kappa shape index (κ2) is 7.57. The summed E-state index contributed by atoms with van der Waals surface area (Å²) < 4.78 is 30.4. The monoisotopic (exact) mass is 362 g/mol. The van der Waals surface area contributed by atoms with E-state index in [0.717, 1.165) is 17.6 Å². The molecule has 0 radical (unpaired) electrons. The van der Waals surface area contributed by atoms with Crippen LogP contribution in [0, 0.1) is 6.92 Å². The molecule has 0 spiro atoms. The summed E-state index contributed by atoms with van der Waals surface area (Å²) in [4.78, 5) is 14.3. The first kappa shape index (κ1) is 18.8. The first-order valence-corrected chi connectivity index (χ1v) is 9.56. The molecule has 25 heavy (non-hydrogen) atoms. The predicted octanol–water partition coefficient (Wildman–Crippen LogP) is 2.65. The van der Waals surface area contributed by atoms with Gasteiger partial charge in [-0.15, -0.1) is 0 Å². The summed E-state index contributed by atoms with van der Waals surface area (Å²) in [5.74, 6) is 0.582. The summed E-state index contributed by atoms with van der Waals surface area (Å²) in [7, 11) is -0.0912. The molecule has 0 aliphatic rings. The molecule has 2 aromatic rings. The lowest BCUT2D eigenvalue weighted by Crippen LogP contribution is -2.27. The van der Waals surface area contributed by atoms with E-state index < -0.39 is 10.0 Å². The molecule has 0 unspecified atom stereocenters. The minimum absolute atomic E-state index is 0.175. The maximum Gasteiger partial charge on any atom is 0.254 e. The van der Waals surface area contributed by atoms with Crippen LogP contribution in [-0.4, -0.2) is 39.6 Å². The van der Waals surface area contributed by atoms with Crippen LogP contribution in [0.4, 0.5) is 5.69 Å². The number of nitrogens with one attached hydrogen (secondary N) is 1. The smallest absolute Gasteiger partial charge is 0.254 e. The number of hydrogen-bond donors (Lipinski definition) is 1. The molecule has 1 amide bonds. The van der Waals surface area contributed by atoms with Crippen LogP contribution in [0.2, 0.25) is 0 Å². The molecule has 0 heterocycles. The molecule has 0 bridgehead atoms. The van der Waals surface area contributed by atoms with Gasteiger partial charge >= 0.3 is 0 Å². The fourth-order valence-electron chi connectivity index (χ4n) is 2.46. The van der Waals surface area contributed by atoms with Gasteiger partial charge in [0.2, 0.25) is 10.0 Å². The molecule has 7 heteroatoms. The van der Waals surface area contributed by atoms with Crippen LogP contribution in [0.25, 0.3) is 0 Å². The van der Waals surface area contributed by atoms with E-state index in [1.54, 1.807) is 44.2 Å². The van der Waals surface area contributed by atoms with E-state index in [0.29, 0.717) is 23.4 Å². The van der Waals surface area contributed by atoms with Gasteiger partial charge in [0.15, 0.2) is 0 Å². The van der Waals surface area contributed by atoms with Crippen LogP contribution in [0.15, 0.2) is 42.5 Å². The number of hydrogen-bond acceptors (Lipinski definition) is 4. The second-order valence-electron chi connectivity index (χ2n) is 5.86. The number of carbonyl (C=O) groups excluding carboxylic acids is 1. The van der Waals surface area contributed by atoms with Gasteiger partial charge in [-0.25, -0.2) is 8.42 Å². The van der Waals surface area contributed by atoms with Crippen molar-refractivity contribution in [3.8, 4) is 5.75 Å². The quantitative estimate of drug-likeness (QED) is 0.857. The molecule has 0 aromatic heterocycles. The van der Waals surface area contributed by atoms with Crippen molar-refractivity contribution in [3.05, 3.63) is 59.2 Å². The van der Waals surface area contributed by atoms with Gasteiger partial charge in [0, 0.05) is 19.2 Å². The minimum atomic E-state index is -3.40. The van der Waals surface area contributed by atoms with E-state index in [1.807, 2.05) is 24.3 Å². The Balaban J connectivity index is 2.19. The van der Waals surface area contributed by atoms with Crippen LogP contribution in [0.1, 0.15) is 21.5 Å². The number of methoxy groups -OCH3 is 1. The molecule has 0 saturated carbocycles. The largest absolute Gasteiger partial charge is 0.497 e. The number of carbonyl (C=O) groups is 1. The van der Waals surface area contributed by atoms with E-state index >= 15 is 0 Å². The van der Waals surface area contributed by atoms with Gasteiger partial charge in [0.25, 0.3) is 5.91 Å².